The van der Waals surface area contributed by atoms with Crippen LogP contribution in [-0.2, 0) is 11.0 Å². The molecule has 0 heterocycles. The van der Waals surface area contributed by atoms with Gasteiger partial charge in [0.05, 0.1) is 9.95 Å². The van der Waals surface area contributed by atoms with Crippen molar-refractivity contribution in [2.75, 3.05) is 0 Å². The van der Waals surface area contributed by atoms with Gasteiger partial charge in [-0.05, 0) is 29.2 Å². The summed E-state index contributed by atoms with van der Waals surface area (Å²) in [6.07, 6.45) is 0.473. The summed E-state index contributed by atoms with van der Waals surface area (Å²) in [6, 6.07) is 7.31. The summed E-state index contributed by atoms with van der Waals surface area (Å²) < 4.78 is 17.3. The molecule has 0 amide bonds. The molecule has 2 aromatic rings. The zero-order valence-electron chi connectivity index (χ0n) is 11.8. The van der Waals surface area contributed by atoms with Crippen LogP contribution in [0.5, 0.6) is 11.5 Å². The van der Waals surface area contributed by atoms with Crippen molar-refractivity contribution in [1.82, 2.24) is 0 Å². The van der Waals surface area contributed by atoms with E-state index in [1.807, 2.05) is 6.92 Å². The van der Waals surface area contributed by atoms with E-state index in [0.717, 1.165) is 0 Å². The number of hydrogen-bond acceptors (Lipinski definition) is 4. The second-order valence-corrected chi connectivity index (χ2v) is 7.22. The number of halogens is 3. The molecular formula is C14H10Cl3NO4P+. The van der Waals surface area contributed by atoms with Crippen LogP contribution in [0.4, 0.5) is 5.69 Å². The lowest BCUT2D eigenvalue weighted by molar-refractivity contribution is -0.383. The average Bonchev–Trinajstić information content (AvgIpc) is 2.49. The van der Waals surface area contributed by atoms with Gasteiger partial charge in [0.15, 0.2) is 0 Å². The standard InChI is InChI=1S/C14H10Cl3NO4P/c1-2-8-5-11(18(19)20)14(23(17)21)7-13(8)22-12-4-3-9(15)6-10(12)16/h3-7H,2H2,1H3/q+1. The third-order valence-electron chi connectivity index (χ3n) is 3.04. The highest BCUT2D eigenvalue weighted by molar-refractivity contribution is 7.80. The van der Waals surface area contributed by atoms with Crippen LogP contribution in [0.1, 0.15) is 12.5 Å². The maximum atomic E-state index is 11.6. The van der Waals surface area contributed by atoms with E-state index < -0.39 is 12.1 Å². The Kier molecular flexibility index (Phi) is 5.82. The SMILES string of the molecule is CCc1cc([N+](=O)[O-])c([P+](=O)Cl)cc1Oc1ccc(Cl)cc1Cl. The number of rotatable bonds is 5. The van der Waals surface area contributed by atoms with Crippen molar-refractivity contribution in [3.05, 3.63) is 56.1 Å². The van der Waals surface area contributed by atoms with E-state index in [9.17, 15) is 14.7 Å². The summed E-state index contributed by atoms with van der Waals surface area (Å²) >= 11 is 17.5. The summed E-state index contributed by atoms with van der Waals surface area (Å²) in [5, 5.41) is 11.7. The van der Waals surface area contributed by atoms with Crippen molar-refractivity contribution in [3.8, 4) is 11.5 Å². The Morgan fingerprint density at radius 2 is 1.91 bits per heavy atom. The summed E-state index contributed by atoms with van der Waals surface area (Å²) in [6.45, 7) is 1.82. The molecule has 0 saturated heterocycles. The molecule has 2 rings (SSSR count). The summed E-state index contributed by atoms with van der Waals surface area (Å²) in [5.74, 6) is 0.636. The molecule has 9 heteroatoms. The van der Waals surface area contributed by atoms with Gasteiger partial charge >= 0.3 is 12.8 Å². The number of aryl methyl sites for hydroxylation is 1. The Morgan fingerprint density at radius 1 is 1.22 bits per heavy atom. The third kappa shape index (κ3) is 4.12. The lowest BCUT2D eigenvalue weighted by Crippen LogP contribution is -2.07. The Hall–Kier alpha value is -1.39. The smallest absolute Gasteiger partial charge is 0.455 e. The molecule has 0 aliphatic carbocycles. The lowest BCUT2D eigenvalue weighted by atomic mass is 10.1. The Labute approximate surface area is 147 Å². The topological polar surface area (TPSA) is 69.4 Å². The molecule has 0 fully saturated rings. The van der Waals surface area contributed by atoms with Crippen molar-refractivity contribution >= 4 is 52.6 Å². The van der Waals surface area contributed by atoms with Crippen LogP contribution >= 0.6 is 41.6 Å². The maximum Gasteiger partial charge on any atom is 0.501 e. The van der Waals surface area contributed by atoms with Gasteiger partial charge in [-0.15, -0.1) is 0 Å². The third-order valence-corrected chi connectivity index (χ3v) is 4.85. The molecule has 0 aliphatic heterocycles. The minimum atomic E-state index is -2.42. The number of nitro benzene ring substituents is 1. The number of nitrogens with zero attached hydrogens (tertiary/aromatic N) is 1. The first kappa shape index (κ1) is 18.0. The second-order valence-electron chi connectivity index (χ2n) is 4.48. The first-order chi connectivity index (χ1) is 10.8. The van der Waals surface area contributed by atoms with Gasteiger partial charge in [0, 0.05) is 22.7 Å². The highest BCUT2D eigenvalue weighted by Gasteiger charge is 2.32. The van der Waals surface area contributed by atoms with E-state index in [1.54, 1.807) is 12.1 Å². The van der Waals surface area contributed by atoms with E-state index in [-0.39, 0.29) is 16.0 Å². The molecular weight excluding hydrogens is 383 g/mol. The van der Waals surface area contributed by atoms with Crippen molar-refractivity contribution in [1.29, 1.82) is 0 Å². The first-order valence-electron chi connectivity index (χ1n) is 6.40. The minimum absolute atomic E-state index is 0.0936. The number of nitro groups is 1. The minimum Gasteiger partial charge on any atom is -0.455 e. The molecule has 0 bridgehead atoms. The summed E-state index contributed by atoms with van der Waals surface area (Å²) in [5.41, 5.74) is 0.271. The summed E-state index contributed by atoms with van der Waals surface area (Å²) in [4.78, 5) is 10.5. The van der Waals surface area contributed by atoms with Gasteiger partial charge < -0.3 is 4.74 Å². The van der Waals surface area contributed by atoms with Crippen LogP contribution in [0, 0.1) is 10.1 Å². The average molecular weight is 394 g/mol. The molecule has 120 valence electrons. The molecule has 23 heavy (non-hydrogen) atoms. The van der Waals surface area contributed by atoms with Gasteiger partial charge in [-0.1, -0.05) is 30.1 Å². The number of ether oxygens (including phenoxy) is 1. The number of hydrogen-bond donors (Lipinski definition) is 0. The predicted octanol–water partition coefficient (Wildman–Crippen LogP) is 5.86. The molecule has 1 atom stereocenters. The lowest BCUT2D eigenvalue weighted by Gasteiger charge is -2.11. The Morgan fingerprint density at radius 3 is 2.43 bits per heavy atom. The van der Waals surface area contributed by atoms with Crippen molar-refractivity contribution in [3.63, 3.8) is 0 Å². The highest BCUT2D eigenvalue weighted by atomic mass is 35.7. The van der Waals surface area contributed by atoms with Crippen LogP contribution in [0.2, 0.25) is 10.0 Å². The Balaban J connectivity index is 2.55. The fraction of sp³-hybridized carbons (Fsp3) is 0.143. The van der Waals surface area contributed by atoms with E-state index in [1.165, 1.54) is 18.2 Å². The molecule has 5 nitrogen and oxygen atoms in total. The van der Waals surface area contributed by atoms with Crippen LogP contribution in [-0.4, -0.2) is 4.92 Å². The van der Waals surface area contributed by atoms with Gasteiger partial charge in [-0.3, -0.25) is 10.1 Å². The van der Waals surface area contributed by atoms with E-state index in [0.29, 0.717) is 28.5 Å². The Bertz CT molecular complexity index is 798. The van der Waals surface area contributed by atoms with Crippen LogP contribution in [0.25, 0.3) is 0 Å². The fourth-order valence-electron chi connectivity index (χ4n) is 1.94. The monoisotopic (exact) mass is 392 g/mol. The molecule has 0 spiro atoms. The summed E-state index contributed by atoms with van der Waals surface area (Å²) in [7, 11) is -2.42. The van der Waals surface area contributed by atoms with E-state index >= 15 is 0 Å². The molecule has 2 aromatic carbocycles. The van der Waals surface area contributed by atoms with Crippen molar-refractivity contribution in [2.24, 2.45) is 0 Å². The molecule has 1 unspecified atom stereocenters. The number of benzene rings is 2. The maximum absolute atomic E-state index is 11.6. The van der Waals surface area contributed by atoms with Gasteiger partial charge in [-0.2, -0.15) is 0 Å². The highest BCUT2D eigenvalue weighted by Crippen LogP contribution is 2.38. The van der Waals surface area contributed by atoms with Crippen molar-refractivity contribution < 1.29 is 14.2 Å². The van der Waals surface area contributed by atoms with Gasteiger partial charge in [0.2, 0.25) is 11.2 Å². The fourth-order valence-corrected chi connectivity index (χ4v) is 3.33. The quantitative estimate of drug-likeness (QED) is 0.362. The zero-order valence-corrected chi connectivity index (χ0v) is 14.9. The largest absolute Gasteiger partial charge is 0.501 e. The van der Waals surface area contributed by atoms with E-state index in [2.05, 4.69) is 0 Å². The molecule has 0 radical (unpaired) electrons. The second kappa shape index (κ2) is 7.45. The van der Waals surface area contributed by atoms with Crippen LogP contribution in [0.15, 0.2) is 30.3 Å². The molecule has 0 N–H and O–H groups in total. The molecule has 0 aromatic heterocycles. The molecule has 0 saturated carbocycles. The zero-order chi connectivity index (χ0) is 17.1. The van der Waals surface area contributed by atoms with Crippen LogP contribution in [0.3, 0.4) is 0 Å². The molecule has 0 aliphatic rings. The van der Waals surface area contributed by atoms with Gasteiger partial charge in [0.25, 0.3) is 5.30 Å². The predicted molar refractivity (Wildman–Crippen MR) is 92.1 cm³/mol. The van der Waals surface area contributed by atoms with E-state index in [4.69, 9.17) is 39.2 Å². The van der Waals surface area contributed by atoms with Crippen LogP contribution < -0.4 is 10.0 Å². The normalized spacial score (nSPS) is 11.2. The van der Waals surface area contributed by atoms with Gasteiger partial charge in [0.1, 0.15) is 11.5 Å². The first-order valence-corrected chi connectivity index (χ1v) is 9.32. The van der Waals surface area contributed by atoms with Gasteiger partial charge in [-0.25, -0.2) is 0 Å². The van der Waals surface area contributed by atoms with Crippen molar-refractivity contribution in [2.45, 2.75) is 13.3 Å².